The fraction of sp³-hybridized carbons (Fsp3) is 0.600. The second-order valence-electron chi connectivity index (χ2n) is 4.95. The summed E-state index contributed by atoms with van der Waals surface area (Å²) in [6, 6.07) is 6.81. The number of benzene rings is 1. The number of ether oxygens (including phenoxy) is 1. The second kappa shape index (κ2) is 5.65. The number of hydrogen-bond donors (Lipinski definition) is 1. The van der Waals surface area contributed by atoms with Crippen LogP contribution in [-0.2, 0) is 4.74 Å². The normalized spacial score (nSPS) is 16.6. The molecule has 2 heteroatoms. The molecule has 0 saturated carbocycles. The lowest BCUT2D eigenvalue weighted by atomic mass is 9.85. The van der Waals surface area contributed by atoms with Crippen molar-refractivity contribution in [3.05, 3.63) is 34.9 Å². The molecule has 0 bridgehead atoms. The van der Waals surface area contributed by atoms with Crippen LogP contribution in [0.5, 0.6) is 0 Å². The average Bonchev–Trinajstić information content (AvgIpc) is 2.34. The van der Waals surface area contributed by atoms with Crippen molar-refractivity contribution >= 4 is 0 Å². The number of rotatable bonds is 5. The van der Waals surface area contributed by atoms with E-state index in [-0.39, 0.29) is 11.6 Å². The van der Waals surface area contributed by atoms with E-state index in [1.807, 2.05) is 7.05 Å². The third-order valence-electron chi connectivity index (χ3n) is 3.81. The summed E-state index contributed by atoms with van der Waals surface area (Å²) >= 11 is 0. The van der Waals surface area contributed by atoms with Gasteiger partial charge in [0.15, 0.2) is 0 Å². The van der Waals surface area contributed by atoms with Crippen molar-refractivity contribution < 1.29 is 4.74 Å². The lowest BCUT2D eigenvalue weighted by Crippen LogP contribution is -2.41. The van der Waals surface area contributed by atoms with Crippen LogP contribution in [0.4, 0.5) is 0 Å². The van der Waals surface area contributed by atoms with Gasteiger partial charge in [-0.05, 0) is 45.4 Å². The molecule has 0 heterocycles. The largest absolute Gasteiger partial charge is 0.377 e. The van der Waals surface area contributed by atoms with Gasteiger partial charge in [-0.2, -0.15) is 0 Å². The Labute approximate surface area is 105 Å². The molecule has 1 N–H and O–H groups in total. The zero-order chi connectivity index (χ0) is 13.1. The average molecular weight is 235 g/mol. The van der Waals surface area contributed by atoms with Crippen molar-refractivity contribution in [2.75, 3.05) is 14.2 Å². The molecule has 17 heavy (non-hydrogen) atoms. The fourth-order valence-electron chi connectivity index (χ4n) is 2.33. The van der Waals surface area contributed by atoms with Crippen molar-refractivity contribution in [2.45, 2.75) is 45.8 Å². The van der Waals surface area contributed by atoms with E-state index in [0.29, 0.717) is 0 Å². The van der Waals surface area contributed by atoms with Crippen LogP contribution in [0, 0.1) is 13.8 Å². The summed E-state index contributed by atoms with van der Waals surface area (Å²) in [5, 5.41) is 3.40. The van der Waals surface area contributed by atoms with Crippen LogP contribution in [-0.4, -0.2) is 19.8 Å². The van der Waals surface area contributed by atoms with Crippen molar-refractivity contribution in [2.24, 2.45) is 0 Å². The van der Waals surface area contributed by atoms with E-state index in [9.17, 15) is 0 Å². The minimum Gasteiger partial charge on any atom is -0.377 e. The van der Waals surface area contributed by atoms with Gasteiger partial charge in [0.2, 0.25) is 0 Å². The summed E-state index contributed by atoms with van der Waals surface area (Å²) in [6.45, 7) is 8.62. The maximum atomic E-state index is 5.73. The monoisotopic (exact) mass is 235 g/mol. The van der Waals surface area contributed by atoms with E-state index in [1.54, 1.807) is 7.11 Å². The molecule has 0 amide bonds. The summed E-state index contributed by atoms with van der Waals surface area (Å²) < 4.78 is 5.73. The van der Waals surface area contributed by atoms with Gasteiger partial charge in [0.25, 0.3) is 0 Å². The Morgan fingerprint density at radius 3 is 2.47 bits per heavy atom. The first-order valence-corrected chi connectivity index (χ1v) is 6.28. The lowest BCUT2D eigenvalue weighted by Gasteiger charge is -2.36. The van der Waals surface area contributed by atoms with E-state index in [4.69, 9.17) is 4.74 Å². The highest BCUT2D eigenvalue weighted by Gasteiger charge is 2.33. The van der Waals surface area contributed by atoms with Crippen LogP contribution < -0.4 is 5.32 Å². The Kier molecular flexibility index (Phi) is 4.72. The number of likely N-dealkylation sites (N-methyl/N-ethyl adjacent to an activating group) is 1. The molecular formula is C15H25NO. The zero-order valence-electron chi connectivity index (χ0n) is 11.9. The molecule has 2 unspecified atom stereocenters. The summed E-state index contributed by atoms with van der Waals surface area (Å²) in [5.41, 5.74) is 3.76. The first-order chi connectivity index (χ1) is 7.98. The molecule has 1 aromatic rings. The van der Waals surface area contributed by atoms with Gasteiger partial charge in [-0.3, -0.25) is 0 Å². The first-order valence-electron chi connectivity index (χ1n) is 6.28. The highest BCUT2D eigenvalue weighted by Crippen LogP contribution is 2.33. The predicted octanol–water partition coefficient (Wildman–Crippen LogP) is 3.38. The Morgan fingerprint density at radius 1 is 1.35 bits per heavy atom. The van der Waals surface area contributed by atoms with E-state index < -0.39 is 0 Å². The van der Waals surface area contributed by atoms with E-state index >= 15 is 0 Å². The molecule has 0 saturated heterocycles. The van der Waals surface area contributed by atoms with E-state index in [0.717, 1.165) is 6.42 Å². The topological polar surface area (TPSA) is 21.3 Å². The number of hydrogen-bond acceptors (Lipinski definition) is 2. The third-order valence-corrected chi connectivity index (χ3v) is 3.81. The van der Waals surface area contributed by atoms with Gasteiger partial charge < -0.3 is 10.1 Å². The SMILES string of the molecule is CCC(C)(OC)C(NC)c1cc(C)ccc1C. The van der Waals surface area contributed by atoms with Gasteiger partial charge in [-0.25, -0.2) is 0 Å². The summed E-state index contributed by atoms with van der Waals surface area (Å²) in [5.74, 6) is 0. The minimum atomic E-state index is -0.173. The van der Waals surface area contributed by atoms with Gasteiger partial charge in [0, 0.05) is 7.11 Å². The van der Waals surface area contributed by atoms with Crippen molar-refractivity contribution in [1.82, 2.24) is 5.32 Å². The van der Waals surface area contributed by atoms with Crippen molar-refractivity contribution in [3.63, 3.8) is 0 Å². The Hall–Kier alpha value is -0.860. The Balaban J connectivity index is 3.21. The van der Waals surface area contributed by atoms with Crippen molar-refractivity contribution in [1.29, 1.82) is 0 Å². The molecule has 0 aliphatic heterocycles. The van der Waals surface area contributed by atoms with Gasteiger partial charge in [0.05, 0.1) is 11.6 Å². The van der Waals surface area contributed by atoms with Crippen LogP contribution >= 0.6 is 0 Å². The van der Waals surface area contributed by atoms with Crippen molar-refractivity contribution in [3.8, 4) is 0 Å². The molecule has 2 atom stereocenters. The molecule has 0 aromatic heterocycles. The van der Waals surface area contributed by atoms with Crippen LogP contribution in [0.1, 0.15) is 43.0 Å². The van der Waals surface area contributed by atoms with E-state index in [2.05, 4.69) is 51.2 Å². The standard InChI is InChI=1S/C15H25NO/c1-7-15(4,17-6)14(16-5)13-10-11(2)8-9-12(13)3/h8-10,14,16H,7H2,1-6H3. The Morgan fingerprint density at radius 2 is 2.00 bits per heavy atom. The molecule has 0 aliphatic rings. The number of nitrogens with one attached hydrogen (secondary N) is 1. The van der Waals surface area contributed by atoms with Crippen LogP contribution in [0.2, 0.25) is 0 Å². The molecule has 1 aromatic carbocycles. The quantitative estimate of drug-likeness (QED) is 0.844. The van der Waals surface area contributed by atoms with Gasteiger partial charge in [0.1, 0.15) is 0 Å². The number of methoxy groups -OCH3 is 1. The molecule has 0 spiro atoms. The summed E-state index contributed by atoms with van der Waals surface area (Å²) in [6.07, 6.45) is 0.975. The molecule has 0 radical (unpaired) electrons. The predicted molar refractivity (Wildman–Crippen MR) is 73.4 cm³/mol. The summed E-state index contributed by atoms with van der Waals surface area (Å²) in [7, 11) is 3.79. The third kappa shape index (κ3) is 2.88. The lowest BCUT2D eigenvalue weighted by molar-refractivity contribution is -0.0282. The first kappa shape index (κ1) is 14.2. The summed E-state index contributed by atoms with van der Waals surface area (Å²) in [4.78, 5) is 0. The molecule has 0 fully saturated rings. The fourth-order valence-corrected chi connectivity index (χ4v) is 2.33. The maximum absolute atomic E-state index is 5.73. The molecule has 1 rings (SSSR count). The van der Waals surface area contributed by atoms with E-state index in [1.165, 1.54) is 16.7 Å². The smallest absolute Gasteiger partial charge is 0.0841 e. The van der Waals surface area contributed by atoms with Crippen LogP contribution in [0.3, 0.4) is 0 Å². The highest BCUT2D eigenvalue weighted by molar-refractivity contribution is 5.34. The van der Waals surface area contributed by atoms with Crippen LogP contribution in [0.15, 0.2) is 18.2 Å². The Bertz CT molecular complexity index is 369. The van der Waals surface area contributed by atoms with Gasteiger partial charge in [-0.15, -0.1) is 0 Å². The molecule has 0 aliphatic carbocycles. The van der Waals surface area contributed by atoms with Gasteiger partial charge in [-0.1, -0.05) is 30.7 Å². The van der Waals surface area contributed by atoms with Gasteiger partial charge >= 0.3 is 0 Å². The number of aryl methyl sites for hydroxylation is 2. The maximum Gasteiger partial charge on any atom is 0.0841 e. The second-order valence-corrected chi connectivity index (χ2v) is 4.95. The molecular weight excluding hydrogens is 210 g/mol. The van der Waals surface area contributed by atoms with Crippen LogP contribution in [0.25, 0.3) is 0 Å². The molecule has 96 valence electrons. The molecule has 2 nitrogen and oxygen atoms in total. The highest BCUT2D eigenvalue weighted by atomic mass is 16.5. The zero-order valence-corrected chi connectivity index (χ0v) is 11.9. The minimum absolute atomic E-state index is 0.173.